The maximum Gasteiger partial charge on any atom is 0.256 e. The molecule has 1 amide bonds. The van der Waals surface area contributed by atoms with Crippen molar-refractivity contribution in [1.29, 1.82) is 0 Å². The summed E-state index contributed by atoms with van der Waals surface area (Å²) in [7, 11) is -3.75. The summed E-state index contributed by atoms with van der Waals surface area (Å²) in [5.74, 6) is -0.0369. The lowest BCUT2D eigenvalue weighted by Gasteiger charge is -2.26. The van der Waals surface area contributed by atoms with Gasteiger partial charge in [-0.25, -0.2) is 13.4 Å². The third-order valence-corrected chi connectivity index (χ3v) is 7.04. The van der Waals surface area contributed by atoms with Gasteiger partial charge in [-0.2, -0.15) is 13.9 Å². The molecule has 1 aliphatic heterocycles. The highest BCUT2D eigenvalue weighted by Crippen LogP contribution is 2.28. The number of anilines is 1. The predicted molar refractivity (Wildman–Crippen MR) is 105 cm³/mol. The van der Waals surface area contributed by atoms with Gasteiger partial charge in [0.05, 0.1) is 11.2 Å². The second-order valence-electron chi connectivity index (χ2n) is 6.50. The minimum Gasteiger partial charge on any atom is -0.306 e. The van der Waals surface area contributed by atoms with Crippen LogP contribution in [0.25, 0.3) is 5.65 Å². The lowest BCUT2D eigenvalue weighted by molar-refractivity contribution is 0.102. The number of rotatable bonds is 4. The summed E-state index contributed by atoms with van der Waals surface area (Å²) in [6, 6.07) is 7.57. The molecule has 0 saturated carbocycles. The summed E-state index contributed by atoms with van der Waals surface area (Å²) in [5, 5.41) is 6.95. The van der Waals surface area contributed by atoms with E-state index in [1.165, 1.54) is 27.0 Å². The van der Waals surface area contributed by atoms with Crippen molar-refractivity contribution in [3.8, 4) is 0 Å². The molecule has 8 nitrogen and oxygen atoms in total. The van der Waals surface area contributed by atoms with E-state index in [1.54, 1.807) is 24.5 Å². The second-order valence-corrected chi connectivity index (χ2v) is 8.81. The Hall–Kier alpha value is -2.49. The van der Waals surface area contributed by atoms with Crippen molar-refractivity contribution in [2.24, 2.45) is 0 Å². The topological polar surface area (TPSA) is 96.7 Å². The van der Waals surface area contributed by atoms with Gasteiger partial charge in [0.15, 0.2) is 5.65 Å². The molecular formula is C18H18ClN5O3S. The zero-order valence-corrected chi connectivity index (χ0v) is 16.4. The highest BCUT2D eigenvalue weighted by atomic mass is 35.5. The van der Waals surface area contributed by atoms with Gasteiger partial charge >= 0.3 is 0 Å². The first-order valence-electron chi connectivity index (χ1n) is 8.86. The number of hydrogen-bond donors (Lipinski definition) is 1. The largest absolute Gasteiger partial charge is 0.306 e. The van der Waals surface area contributed by atoms with Gasteiger partial charge in [0.25, 0.3) is 5.91 Å². The van der Waals surface area contributed by atoms with Crippen LogP contribution in [0, 0.1) is 0 Å². The van der Waals surface area contributed by atoms with Gasteiger partial charge in [-0.05, 0) is 37.1 Å². The first-order valence-corrected chi connectivity index (χ1v) is 10.7. The number of benzene rings is 1. The quantitative estimate of drug-likeness (QED) is 0.701. The van der Waals surface area contributed by atoms with Gasteiger partial charge in [-0.3, -0.25) is 4.79 Å². The maximum absolute atomic E-state index is 13.0. The highest BCUT2D eigenvalue weighted by molar-refractivity contribution is 7.89. The van der Waals surface area contributed by atoms with Crippen molar-refractivity contribution in [2.45, 2.75) is 24.2 Å². The molecule has 0 unspecified atom stereocenters. The summed E-state index contributed by atoms with van der Waals surface area (Å²) in [5.41, 5.74) is 0.777. The van der Waals surface area contributed by atoms with Crippen molar-refractivity contribution in [3.63, 3.8) is 0 Å². The molecule has 1 aromatic carbocycles. The zero-order valence-electron chi connectivity index (χ0n) is 14.9. The Morgan fingerprint density at radius 2 is 1.86 bits per heavy atom. The molecule has 0 bridgehead atoms. The third-order valence-electron chi connectivity index (χ3n) is 4.66. The number of sulfonamides is 1. The number of nitrogens with one attached hydrogen (secondary N) is 1. The molecule has 4 rings (SSSR count). The number of hydrogen-bond acceptors (Lipinski definition) is 5. The molecule has 28 heavy (non-hydrogen) atoms. The highest BCUT2D eigenvalue weighted by Gasteiger charge is 2.28. The molecule has 1 N–H and O–H groups in total. The van der Waals surface area contributed by atoms with Crippen LogP contribution in [-0.2, 0) is 10.0 Å². The van der Waals surface area contributed by atoms with Crippen LogP contribution in [0.2, 0.25) is 5.02 Å². The Morgan fingerprint density at radius 1 is 1.07 bits per heavy atom. The zero-order chi connectivity index (χ0) is 19.7. The Balaban J connectivity index is 1.64. The molecule has 10 heteroatoms. The molecule has 1 aliphatic rings. The Kier molecular flexibility index (Phi) is 5.05. The maximum atomic E-state index is 13.0. The molecule has 3 heterocycles. The molecule has 1 saturated heterocycles. The van der Waals surface area contributed by atoms with Crippen LogP contribution in [0.1, 0.15) is 29.6 Å². The Morgan fingerprint density at radius 3 is 2.64 bits per heavy atom. The van der Waals surface area contributed by atoms with Crippen molar-refractivity contribution < 1.29 is 13.2 Å². The summed E-state index contributed by atoms with van der Waals surface area (Å²) in [4.78, 5) is 16.8. The molecule has 0 atom stereocenters. The molecular weight excluding hydrogens is 402 g/mol. The molecule has 146 valence electrons. The summed E-state index contributed by atoms with van der Waals surface area (Å²) in [6.45, 7) is 0.923. The van der Waals surface area contributed by atoms with Gasteiger partial charge in [-0.1, -0.05) is 18.0 Å². The van der Waals surface area contributed by atoms with E-state index in [9.17, 15) is 13.2 Å². The fourth-order valence-corrected chi connectivity index (χ4v) is 5.22. The van der Waals surface area contributed by atoms with E-state index in [4.69, 9.17) is 11.6 Å². The van der Waals surface area contributed by atoms with E-state index in [-0.39, 0.29) is 15.5 Å². The smallest absolute Gasteiger partial charge is 0.256 e. The van der Waals surface area contributed by atoms with Crippen molar-refractivity contribution in [3.05, 3.63) is 53.3 Å². The number of nitrogens with zero attached hydrogens (tertiary/aromatic N) is 4. The monoisotopic (exact) mass is 419 g/mol. The fourth-order valence-electron chi connectivity index (χ4n) is 3.20. The first kappa shape index (κ1) is 18.9. The number of carbonyl (C=O) groups excluding carboxylic acids is 1. The number of aromatic nitrogens is 3. The number of halogens is 1. The van der Waals surface area contributed by atoms with E-state index < -0.39 is 15.9 Å². The number of carbonyl (C=O) groups is 1. The average molecular weight is 420 g/mol. The number of amides is 1. The van der Waals surface area contributed by atoms with Crippen LogP contribution in [0.15, 0.2) is 47.6 Å². The Labute approximate surface area is 167 Å². The van der Waals surface area contributed by atoms with Crippen LogP contribution in [0.3, 0.4) is 0 Å². The second kappa shape index (κ2) is 7.50. The normalized spacial score (nSPS) is 15.6. The van der Waals surface area contributed by atoms with Crippen molar-refractivity contribution >= 4 is 39.0 Å². The number of fused-ring (bicyclic) bond motifs is 1. The predicted octanol–water partition coefficient (Wildman–Crippen LogP) is 2.81. The van der Waals surface area contributed by atoms with Crippen molar-refractivity contribution in [1.82, 2.24) is 18.9 Å². The van der Waals surface area contributed by atoms with E-state index in [0.29, 0.717) is 24.6 Å². The van der Waals surface area contributed by atoms with Gasteiger partial charge in [0.1, 0.15) is 10.7 Å². The molecule has 0 radical (unpaired) electrons. The fraction of sp³-hybridized carbons (Fsp3) is 0.278. The SMILES string of the molecule is O=C(Nc1ccnc2ccnn12)c1ccc(Cl)c(S(=O)(=O)N2CCCCC2)c1. The molecule has 0 spiro atoms. The molecule has 2 aromatic heterocycles. The first-order chi connectivity index (χ1) is 13.5. The van der Waals surface area contributed by atoms with Crippen LogP contribution >= 0.6 is 11.6 Å². The van der Waals surface area contributed by atoms with Gasteiger partial charge in [0.2, 0.25) is 10.0 Å². The van der Waals surface area contributed by atoms with Crippen LogP contribution in [0.4, 0.5) is 5.82 Å². The lowest BCUT2D eigenvalue weighted by atomic mass is 10.2. The summed E-state index contributed by atoms with van der Waals surface area (Å²) in [6.07, 6.45) is 5.78. The van der Waals surface area contributed by atoms with E-state index in [2.05, 4.69) is 15.4 Å². The van der Waals surface area contributed by atoms with E-state index in [1.807, 2.05) is 0 Å². The summed E-state index contributed by atoms with van der Waals surface area (Å²) >= 11 is 6.17. The van der Waals surface area contributed by atoms with Crippen molar-refractivity contribution in [2.75, 3.05) is 18.4 Å². The van der Waals surface area contributed by atoms with Crippen LogP contribution in [0.5, 0.6) is 0 Å². The third kappa shape index (κ3) is 3.48. The minimum atomic E-state index is -3.75. The molecule has 3 aromatic rings. The van der Waals surface area contributed by atoms with Gasteiger partial charge in [-0.15, -0.1) is 0 Å². The lowest BCUT2D eigenvalue weighted by Crippen LogP contribution is -2.35. The van der Waals surface area contributed by atoms with E-state index >= 15 is 0 Å². The standard InChI is InChI=1S/C18H18ClN5O3S/c19-14-5-4-13(12-15(14)28(26,27)23-10-2-1-3-11-23)18(25)22-17-6-8-20-16-7-9-21-24(16)17/h4-9,12H,1-3,10-11H2,(H,22,25). The average Bonchev–Trinajstić information content (AvgIpc) is 3.19. The van der Waals surface area contributed by atoms with Crippen LogP contribution < -0.4 is 5.32 Å². The van der Waals surface area contributed by atoms with Crippen LogP contribution in [-0.4, -0.2) is 46.3 Å². The number of piperidine rings is 1. The molecule has 1 fully saturated rings. The van der Waals surface area contributed by atoms with Gasteiger partial charge in [0, 0.05) is 30.9 Å². The van der Waals surface area contributed by atoms with Gasteiger partial charge < -0.3 is 5.32 Å². The van der Waals surface area contributed by atoms with E-state index in [0.717, 1.165) is 19.3 Å². The summed E-state index contributed by atoms with van der Waals surface area (Å²) < 4.78 is 28.8. The minimum absolute atomic E-state index is 0.0531. The molecule has 0 aliphatic carbocycles. The Bertz CT molecular complexity index is 1140.